The Morgan fingerprint density at radius 1 is 1.10 bits per heavy atom. The highest BCUT2D eigenvalue weighted by Crippen LogP contribution is 2.25. The molecule has 0 radical (unpaired) electrons. The van der Waals surface area contributed by atoms with Gasteiger partial charge in [-0.1, -0.05) is 49.7 Å². The van der Waals surface area contributed by atoms with Crippen LogP contribution in [0, 0.1) is 12.8 Å². The van der Waals surface area contributed by atoms with E-state index in [0.29, 0.717) is 5.92 Å². The Bertz CT molecular complexity index is 596. The van der Waals surface area contributed by atoms with Crippen molar-refractivity contribution in [2.24, 2.45) is 5.92 Å². The van der Waals surface area contributed by atoms with Gasteiger partial charge in [0.1, 0.15) is 5.75 Å². The average Bonchev–Trinajstić information content (AvgIpc) is 2.47. The van der Waals surface area contributed by atoms with Crippen LogP contribution >= 0.6 is 11.6 Å². The summed E-state index contributed by atoms with van der Waals surface area (Å²) < 4.78 is 5.87. The minimum Gasteiger partial charge on any atom is -0.493 e. The second-order valence-corrected chi connectivity index (χ2v) is 5.99. The van der Waals surface area contributed by atoms with Crippen LogP contribution in [0.1, 0.15) is 25.0 Å². The van der Waals surface area contributed by atoms with E-state index >= 15 is 0 Å². The summed E-state index contributed by atoms with van der Waals surface area (Å²) in [6.45, 7) is 7.76. The van der Waals surface area contributed by atoms with E-state index in [1.54, 1.807) is 0 Å². The second-order valence-electron chi connectivity index (χ2n) is 5.58. The molecular formula is C18H22ClNO. The molecule has 3 heteroatoms. The monoisotopic (exact) mass is 303 g/mol. The highest BCUT2D eigenvalue weighted by atomic mass is 35.5. The fourth-order valence-electron chi connectivity index (χ4n) is 2.04. The number of para-hydroxylation sites is 1. The van der Waals surface area contributed by atoms with Gasteiger partial charge in [0.15, 0.2) is 0 Å². The van der Waals surface area contributed by atoms with Crippen molar-refractivity contribution in [2.45, 2.75) is 27.3 Å². The molecule has 0 unspecified atom stereocenters. The van der Waals surface area contributed by atoms with E-state index in [4.69, 9.17) is 16.3 Å². The van der Waals surface area contributed by atoms with E-state index in [0.717, 1.165) is 40.7 Å². The van der Waals surface area contributed by atoms with Gasteiger partial charge in [-0.2, -0.15) is 0 Å². The fraction of sp³-hybridized carbons (Fsp3) is 0.333. The van der Waals surface area contributed by atoms with Gasteiger partial charge in [-0.05, 0) is 36.6 Å². The SMILES string of the molecule is Cc1c(Cl)cccc1NCc1ccccc1OCC(C)C. The highest BCUT2D eigenvalue weighted by Gasteiger charge is 2.06. The number of anilines is 1. The van der Waals surface area contributed by atoms with E-state index in [1.807, 2.05) is 43.3 Å². The Labute approximate surface area is 132 Å². The van der Waals surface area contributed by atoms with Gasteiger partial charge in [0.2, 0.25) is 0 Å². The molecule has 0 bridgehead atoms. The van der Waals surface area contributed by atoms with Crippen LogP contribution < -0.4 is 10.1 Å². The molecule has 2 rings (SSSR count). The molecule has 0 aliphatic rings. The normalized spacial score (nSPS) is 10.7. The molecule has 0 saturated carbocycles. The molecule has 2 nitrogen and oxygen atoms in total. The summed E-state index contributed by atoms with van der Waals surface area (Å²) in [6, 6.07) is 14.0. The largest absolute Gasteiger partial charge is 0.493 e. The summed E-state index contributed by atoms with van der Waals surface area (Å²) in [7, 11) is 0. The van der Waals surface area contributed by atoms with Crippen molar-refractivity contribution in [3.63, 3.8) is 0 Å². The van der Waals surface area contributed by atoms with Crippen molar-refractivity contribution in [1.82, 2.24) is 0 Å². The molecule has 0 amide bonds. The minimum atomic E-state index is 0.515. The number of halogens is 1. The lowest BCUT2D eigenvalue weighted by molar-refractivity contribution is 0.269. The van der Waals surface area contributed by atoms with Crippen LogP contribution in [0.3, 0.4) is 0 Å². The summed E-state index contributed by atoms with van der Waals surface area (Å²) >= 11 is 6.15. The van der Waals surface area contributed by atoms with Crippen LogP contribution in [0.15, 0.2) is 42.5 Å². The van der Waals surface area contributed by atoms with E-state index < -0.39 is 0 Å². The summed E-state index contributed by atoms with van der Waals surface area (Å²) in [4.78, 5) is 0. The summed E-state index contributed by atoms with van der Waals surface area (Å²) in [6.07, 6.45) is 0. The van der Waals surface area contributed by atoms with Gasteiger partial charge in [0.05, 0.1) is 6.61 Å². The van der Waals surface area contributed by atoms with Crippen molar-refractivity contribution in [1.29, 1.82) is 0 Å². The minimum absolute atomic E-state index is 0.515. The maximum atomic E-state index is 6.15. The highest BCUT2D eigenvalue weighted by molar-refractivity contribution is 6.31. The van der Waals surface area contributed by atoms with Crippen LogP contribution in [0.2, 0.25) is 5.02 Å². The molecule has 0 saturated heterocycles. The lowest BCUT2D eigenvalue weighted by atomic mass is 10.1. The van der Waals surface area contributed by atoms with Crippen molar-refractivity contribution in [3.05, 3.63) is 58.6 Å². The number of benzene rings is 2. The smallest absolute Gasteiger partial charge is 0.124 e. The Hall–Kier alpha value is -1.67. The van der Waals surface area contributed by atoms with Gasteiger partial charge in [-0.25, -0.2) is 0 Å². The van der Waals surface area contributed by atoms with E-state index in [2.05, 4.69) is 25.2 Å². The average molecular weight is 304 g/mol. The molecule has 0 spiro atoms. The lowest BCUT2D eigenvalue weighted by Crippen LogP contribution is -2.08. The molecule has 2 aromatic carbocycles. The van der Waals surface area contributed by atoms with Crippen LogP contribution in [-0.2, 0) is 6.54 Å². The van der Waals surface area contributed by atoms with Gasteiger partial charge in [0, 0.05) is 22.8 Å². The van der Waals surface area contributed by atoms with Crippen molar-refractivity contribution >= 4 is 17.3 Å². The molecule has 2 aromatic rings. The van der Waals surface area contributed by atoms with Crippen LogP contribution in [0.4, 0.5) is 5.69 Å². The van der Waals surface area contributed by atoms with Crippen molar-refractivity contribution in [3.8, 4) is 5.75 Å². The first-order chi connectivity index (χ1) is 10.1. The van der Waals surface area contributed by atoms with Gasteiger partial charge in [-0.15, -0.1) is 0 Å². The quantitative estimate of drug-likeness (QED) is 0.782. The zero-order chi connectivity index (χ0) is 15.2. The summed E-state index contributed by atoms with van der Waals surface area (Å²) in [5.41, 5.74) is 3.28. The lowest BCUT2D eigenvalue weighted by Gasteiger charge is -2.15. The van der Waals surface area contributed by atoms with Crippen LogP contribution in [-0.4, -0.2) is 6.61 Å². The van der Waals surface area contributed by atoms with Crippen LogP contribution in [0.25, 0.3) is 0 Å². The van der Waals surface area contributed by atoms with Gasteiger partial charge < -0.3 is 10.1 Å². The Morgan fingerprint density at radius 3 is 2.62 bits per heavy atom. The maximum Gasteiger partial charge on any atom is 0.124 e. The number of hydrogen-bond donors (Lipinski definition) is 1. The van der Waals surface area contributed by atoms with Crippen molar-refractivity contribution < 1.29 is 4.74 Å². The number of hydrogen-bond acceptors (Lipinski definition) is 2. The van der Waals surface area contributed by atoms with E-state index in [9.17, 15) is 0 Å². The Kier molecular flexibility index (Phi) is 5.51. The van der Waals surface area contributed by atoms with Gasteiger partial charge in [0.25, 0.3) is 0 Å². The molecule has 21 heavy (non-hydrogen) atoms. The molecular weight excluding hydrogens is 282 g/mol. The molecule has 0 aromatic heterocycles. The number of nitrogens with one attached hydrogen (secondary N) is 1. The molecule has 1 N–H and O–H groups in total. The van der Waals surface area contributed by atoms with Crippen molar-refractivity contribution in [2.75, 3.05) is 11.9 Å². The number of rotatable bonds is 6. The molecule has 0 heterocycles. The number of ether oxygens (including phenoxy) is 1. The molecule has 112 valence electrons. The van der Waals surface area contributed by atoms with Gasteiger partial charge >= 0.3 is 0 Å². The Morgan fingerprint density at radius 2 is 1.86 bits per heavy atom. The first-order valence-corrected chi connectivity index (χ1v) is 7.65. The molecule has 0 atom stereocenters. The summed E-state index contributed by atoms with van der Waals surface area (Å²) in [5, 5.41) is 4.22. The first kappa shape index (κ1) is 15.7. The van der Waals surface area contributed by atoms with Gasteiger partial charge in [-0.3, -0.25) is 0 Å². The topological polar surface area (TPSA) is 21.3 Å². The third-order valence-corrected chi connectivity index (χ3v) is 3.69. The predicted octanol–water partition coefficient (Wildman–Crippen LogP) is 5.30. The third-order valence-electron chi connectivity index (χ3n) is 3.28. The zero-order valence-corrected chi connectivity index (χ0v) is 13.6. The van der Waals surface area contributed by atoms with E-state index in [1.165, 1.54) is 0 Å². The molecule has 0 fully saturated rings. The third kappa shape index (κ3) is 4.40. The molecule has 0 aliphatic carbocycles. The van der Waals surface area contributed by atoms with Crippen LogP contribution in [0.5, 0.6) is 5.75 Å². The Balaban J connectivity index is 2.07. The standard InChI is InChI=1S/C18H22ClNO/c1-13(2)12-21-18-10-5-4-7-15(18)11-20-17-9-6-8-16(19)14(17)3/h4-10,13,20H,11-12H2,1-3H3. The first-order valence-electron chi connectivity index (χ1n) is 7.27. The summed E-state index contributed by atoms with van der Waals surface area (Å²) in [5.74, 6) is 1.46. The fourth-order valence-corrected chi connectivity index (χ4v) is 2.21. The molecule has 0 aliphatic heterocycles. The second kappa shape index (κ2) is 7.37. The van der Waals surface area contributed by atoms with E-state index in [-0.39, 0.29) is 0 Å². The maximum absolute atomic E-state index is 6.15. The zero-order valence-electron chi connectivity index (χ0n) is 12.8. The predicted molar refractivity (Wildman–Crippen MR) is 90.3 cm³/mol.